The van der Waals surface area contributed by atoms with Crippen molar-refractivity contribution in [3.8, 4) is 0 Å². The number of nitrogens with two attached hydrogens (primary N) is 1. The molecule has 1 heterocycles. The summed E-state index contributed by atoms with van der Waals surface area (Å²) in [4.78, 5) is 13.2. The van der Waals surface area contributed by atoms with Crippen LogP contribution in [0.25, 0.3) is 11.3 Å². The maximum atomic E-state index is 14.5. The third-order valence-corrected chi connectivity index (χ3v) is 4.38. The number of halogens is 2. The number of aromatic nitrogens is 2. The van der Waals surface area contributed by atoms with Crippen molar-refractivity contribution in [1.29, 1.82) is 0 Å². The monoisotopic (exact) mass is 422 g/mol. The lowest BCUT2D eigenvalue weighted by Gasteiger charge is -2.14. The molecule has 0 saturated carbocycles. The summed E-state index contributed by atoms with van der Waals surface area (Å²) in [5.74, 6) is -0.416. The Hall–Kier alpha value is -1.73. The molecular weight excluding hydrogens is 403 g/mol. The highest BCUT2D eigenvalue weighted by Crippen LogP contribution is 2.27. The standard InChI is InChI=1S/C18H20BrFN4S/c1-18(2,3)23-10-12(14-8-9-22-17(24-14)25-4)16(21)11-6-5-7-13(19)15(11)20/h5-10H,21H2,1-4H3/b16-12+,23-10?. The Bertz CT molecular complexity index is 828. The van der Waals surface area contributed by atoms with Gasteiger partial charge < -0.3 is 5.73 Å². The summed E-state index contributed by atoms with van der Waals surface area (Å²) in [6, 6.07) is 6.75. The van der Waals surface area contributed by atoms with Crippen LogP contribution >= 0.6 is 27.7 Å². The van der Waals surface area contributed by atoms with Crippen molar-refractivity contribution in [1.82, 2.24) is 9.97 Å². The SMILES string of the molecule is CSc1nccc(/C(C=NC(C)(C)C)=C(/N)c2cccc(Br)c2F)n1. The van der Waals surface area contributed by atoms with E-state index in [1.807, 2.05) is 27.0 Å². The van der Waals surface area contributed by atoms with Crippen LogP contribution in [-0.2, 0) is 0 Å². The molecule has 2 N–H and O–H groups in total. The molecule has 0 unspecified atom stereocenters. The molecule has 2 rings (SSSR count). The number of aliphatic imine (C=N–C) groups is 1. The molecule has 1 aromatic heterocycles. The Morgan fingerprint density at radius 2 is 2.04 bits per heavy atom. The highest BCUT2D eigenvalue weighted by molar-refractivity contribution is 9.10. The number of benzene rings is 1. The zero-order valence-electron chi connectivity index (χ0n) is 14.5. The first-order valence-corrected chi connectivity index (χ1v) is 9.61. The number of rotatable bonds is 4. The van der Waals surface area contributed by atoms with E-state index in [1.165, 1.54) is 11.8 Å². The lowest BCUT2D eigenvalue weighted by molar-refractivity contribution is 0.587. The van der Waals surface area contributed by atoms with Crippen LogP contribution in [0.1, 0.15) is 32.0 Å². The van der Waals surface area contributed by atoms with Crippen molar-refractivity contribution in [3.63, 3.8) is 0 Å². The molecule has 132 valence electrons. The van der Waals surface area contributed by atoms with Crippen LogP contribution in [-0.4, -0.2) is 28.0 Å². The highest BCUT2D eigenvalue weighted by atomic mass is 79.9. The molecule has 0 amide bonds. The topological polar surface area (TPSA) is 64.2 Å². The zero-order valence-corrected chi connectivity index (χ0v) is 16.9. The molecule has 0 radical (unpaired) electrons. The quantitative estimate of drug-likeness (QED) is 0.436. The molecule has 0 saturated heterocycles. The molecule has 1 aromatic carbocycles. The van der Waals surface area contributed by atoms with Crippen LogP contribution in [0, 0.1) is 5.82 Å². The predicted molar refractivity (Wildman–Crippen MR) is 107 cm³/mol. The lowest BCUT2D eigenvalue weighted by atomic mass is 10.0. The van der Waals surface area contributed by atoms with Gasteiger partial charge in [0.1, 0.15) is 5.82 Å². The molecule has 25 heavy (non-hydrogen) atoms. The number of nitrogens with zero attached hydrogens (tertiary/aromatic N) is 3. The van der Waals surface area contributed by atoms with Crippen LogP contribution in [0.5, 0.6) is 0 Å². The molecule has 4 nitrogen and oxygen atoms in total. The highest BCUT2D eigenvalue weighted by Gasteiger charge is 2.16. The minimum Gasteiger partial charge on any atom is -0.398 e. The number of hydrogen-bond acceptors (Lipinski definition) is 5. The first kappa shape index (κ1) is 19.6. The zero-order chi connectivity index (χ0) is 18.6. The summed E-state index contributed by atoms with van der Waals surface area (Å²) in [6.07, 6.45) is 5.20. The Balaban J connectivity index is 2.68. The Morgan fingerprint density at radius 3 is 2.68 bits per heavy atom. The van der Waals surface area contributed by atoms with E-state index < -0.39 is 5.82 Å². The molecular formula is C18H20BrFN4S. The second-order valence-corrected chi connectivity index (χ2v) is 7.91. The van der Waals surface area contributed by atoms with Gasteiger partial charge in [-0.25, -0.2) is 14.4 Å². The van der Waals surface area contributed by atoms with Crippen LogP contribution < -0.4 is 5.73 Å². The van der Waals surface area contributed by atoms with Crippen molar-refractivity contribution < 1.29 is 4.39 Å². The van der Waals surface area contributed by atoms with Gasteiger partial charge in [0.25, 0.3) is 0 Å². The maximum Gasteiger partial charge on any atom is 0.187 e. The maximum absolute atomic E-state index is 14.5. The third kappa shape index (κ3) is 5.12. The van der Waals surface area contributed by atoms with Gasteiger partial charge in [-0.1, -0.05) is 17.8 Å². The molecule has 0 aliphatic rings. The van der Waals surface area contributed by atoms with E-state index >= 15 is 0 Å². The van der Waals surface area contributed by atoms with Crippen molar-refractivity contribution in [2.75, 3.05) is 6.26 Å². The second kappa shape index (κ2) is 8.10. The van der Waals surface area contributed by atoms with Gasteiger partial charge in [-0.2, -0.15) is 0 Å². The van der Waals surface area contributed by atoms with E-state index in [1.54, 1.807) is 36.7 Å². The Labute approximate surface area is 160 Å². The van der Waals surface area contributed by atoms with Crippen LogP contribution in [0.3, 0.4) is 0 Å². The molecule has 0 bridgehead atoms. The molecule has 0 atom stereocenters. The third-order valence-electron chi connectivity index (χ3n) is 3.20. The van der Waals surface area contributed by atoms with Gasteiger partial charge in [0.05, 0.1) is 21.4 Å². The van der Waals surface area contributed by atoms with E-state index in [4.69, 9.17) is 5.73 Å². The summed E-state index contributed by atoms with van der Waals surface area (Å²) in [6.45, 7) is 5.93. The number of hydrogen-bond donors (Lipinski definition) is 1. The fraction of sp³-hybridized carbons (Fsp3) is 0.278. The van der Waals surface area contributed by atoms with E-state index in [0.717, 1.165) is 0 Å². The van der Waals surface area contributed by atoms with E-state index in [-0.39, 0.29) is 11.2 Å². The van der Waals surface area contributed by atoms with Gasteiger partial charge in [-0.05, 0) is 61.2 Å². The lowest BCUT2D eigenvalue weighted by Crippen LogP contribution is -2.12. The van der Waals surface area contributed by atoms with Crippen molar-refractivity contribution in [2.24, 2.45) is 10.7 Å². The summed E-state index contributed by atoms with van der Waals surface area (Å²) in [5, 5.41) is 0.613. The Morgan fingerprint density at radius 1 is 1.32 bits per heavy atom. The van der Waals surface area contributed by atoms with Gasteiger partial charge in [-0.3, -0.25) is 4.99 Å². The van der Waals surface area contributed by atoms with Gasteiger partial charge in [0.2, 0.25) is 0 Å². The summed E-state index contributed by atoms with van der Waals surface area (Å²) in [7, 11) is 0. The van der Waals surface area contributed by atoms with Gasteiger partial charge in [-0.15, -0.1) is 0 Å². The molecule has 2 aromatic rings. The summed E-state index contributed by atoms with van der Waals surface area (Å²) < 4.78 is 14.9. The first-order chi connectivity index (χ1) is 11.7. The average Bonchev–Trinajstić information content (AvgIpc) is 2.56. The summed E-state index contributed by atoms with van der Waals surface area (Å²) in [5.41, 5.74) is 7.76. The average molecular weight is 423 g/mol. The Kier molecular flexibility index (Phi) is 6.35. The van der Waals surface area contributed by atoms with E-state index in [0.29, 0.717) is 26.5 Å². The normalized spacial score (nSPS) is 13.2. The fourth-order valence-corrected chi connectivity index (χ4v) is 2.70. The van der Waals surface area contributed by atoms with Crippen LogP contribution in [0.4, 0.5) is 4.39 Å². The largest absolute Gasteiger partial charge is 0.398 e. The minimum absolute atomic E-state index is 0.276. The predicted octanol–water partition coefficient (Wildman–Crippen LogP) is 4.80. The van der Waals surface area contributed by atoms with Gasteiger partial charge >= 0.3 is 0 Å². The fourth-order valence-electron chi connectivity index (χ4n) is 1.98. The van der Waals surface area contributed by atoms with Crippen LogP contribution in [0.2, 0.25) is 0 Å². The first-order valence-electron chi connectivity index (χ1n) is 7.59. The molecule has 0 spiro atoms. The van der Waals surface area contributed by atoms with E-state index in [9.17, 15) is 4.39 Å². The van der Waals surface area contributed by atoms with E-state index in [2.05, 4.69) is 30.9 Å². The number of thioether (sulfide) groups is 1. The van der Waals surface area contributed by atoms with Crippen molar-refractivity contribution >= 4 is 45.2 Å². The molecule has 0 aliphatic heterocycles. The van der Waals surface area contributed by atoms with Crippen LogP contribution in [0.15, 0.2) is 45.1 Å². The minimum atomic E-state index is -0.416. The second-order valence-electron chi connectivity index (χ2n) is 6.29. The molecule has 0 aliphatic carbocycles. The number of allylic oxidation sites excluding steroid dienone is 1. The van der Waals surface area contributed by atoms with Crippen molar-refractivity contribution in [3.05, 3.63) is 52.0 Å². The van der Waals surface area contributed by atoms with Gasteiger partial charge in [0.15, 0.2) is 5.16 Å². The smallest absolute Gasteiger partial charge is 0.187 e. The van der Waals surface area contributed by atoms with Gasteiger partial charge in [0, 0.05) is 23.5 Å². The molecule has 7 heteroatoms. The van der Waals surface area contributed by atoms with Crippen molar-refractivity contribution in [2.45, 2.75) is 31.5 Å². The summed E-state index contributed by atoms with van der Waals surface area (Å²) >= 11 is 4.62. The molecule has 0 fully saturated rings.